The summed E-state index contributed by atoms with van der Waals surface area (Å²) in [7, 11) is 0. The van der Waals surface area contributed by atoms with Gasteiger partial charge in [-0.1, -0.05) is 12.1 Å². The molecule has 2 nitrogen and oxygen atoms in total. The van der Waals surface area contributed by atoms with E-state index >= 15 is 0 Å². The highest BCUT2D eigenvalue weighted by Gasteiger charge is 2.19. The molecule has 1 aliphatic rings. The zero-order chi connectivity index (χ0) is 13.0. The molecule has 0 spiro atoms. The van der Waals surface area contributed by atoms with Crippen molar-refractivity contribution in [2.75, 3.05) is 6.54 Å². The third-order valence-electron chi connectivity index (χ3n) is 3.90. The third kappa shape index (κ3) is 4.21. The first-order valence-corrected chi connectivity index (χ1v) is 7.90. The Balaban J connectivity index is 1.77. The normalized spacial score (nSPS) is 25.9. The summed E-state index contributed by atoms with van der Waals surface area (Å²) in [5, 5.41) is 13.1. The molecule has 0 radical (unpaired) electrons. The van der Waals surface area contributed by atoms with Crippen LogP contribution in [0.3, 0.4) is 0 Å². The SMILES string of the molecule is CC(NCC1CCC(O)CC1)c1ccc(I)cc1. The number of aliphatic hydroxyl groups excluding tert-OH is 1. The molecular weight excluding hydrogens is 337 g/mol. The van der Waals surface area contributed by atoms with E-state index in [1.807, 2.05) is 0 Å². The number of hydrogen-bond donors (Lipinski definition) is 2. The van der Waals surface area contributed by atoms with E-state index in [-0.39, 0.29) is 6.10 Å². The number of hydrogen-bond acceptors (Lipinski definition) is 2. The number of aliphatic hydroxyl groups is 1. The Hall–Kier alpha value is -0.130. The maximum absolute atomic E-state index is 9.49. The molecule has 1 saturated carbocycles. The largest absolute Gasteiger partial charge is 0.393 e. The molecule has 0 saturated heterocycles. The van der Waals surface area contributed by atoms with E-state index in [9.17, 15) is 5.11 Å². The predicted molar refractivity (Wildman–Crippen MR) is 83.5 cm³/mol. The van der Waals surface area contributed by atoms with Crippen molar-refractivity contribution in [1.29, 1.82) is 0 Å². The zero-order valence-corrected chi connectivity index (χ0v) is 13.1. The molecular formula is C15H22INO. The van der Waals surface area contributed by atoms with Gasteiger partial charge >= 0.3 is 0 Å². The summed E-state index contributed by atoms with van der Waals surface area (Å²) >= 11 is 2.33. The molecule has 0 aliphatic heterocycles. The van der Waals surface area contributed by atoms with Gasteiger partial charge in [-0.15, -0.1) is 0 Å². The van der Waals surface area contributed by atoms with E-state index in [0.29, 0.717) is 6.04 Å². The molecule has 1 aromatic rings. The maximum Gasteiger partial charge on any atom is 0.0540 e. The van der Waals surface area contributed by atoms with Gasteiger partial charge in [0, 0.05) is 9.61 Å². The average molecular weight is 359 g/mol. The number of nitrogens with one attached hydrogen (secondary N) is 1. The van der Waals surface area contributed by atoms with Gasteiger partial charge < -0.3 is 10.4 Å². The lowest BCUT2D eigenvalue weighted by Gasteiger charge is -2.27. The fourth-order valence-electron chi connectivity index (χ4n) is 2.56. The fraction of sp³-hybridized carbons (Fsp3) is 0.600. The van der Waals surface area contributed by atoms with Crippen LogP contribution in [-0.4, -0.2) is 17.8 Å². The molecule has 100 valence electrons. The van der Waals surface area contributed by atoms with Crippen LogP contribution >= 0.6 is 22.6 Å². The highest BCUT2D eigenvalue weighted by atomic mass is 127. The lowest BCUT2D eigenvalue weighted by atomic mass is 9.87. The number of benzene rings is 1. The van der Waals surface area contributed by atoms with Crippen LogP contribution in [0.25, 0.3) is 0 Å². The Morgan fingerprint density at radius 1 is 1.22 bits per heavy atom. The van der Waals surface area contributed by atoms with Gasteiger partial charge in [0.15, 0.2) is 0 Å². The minimum absolute atomic E-state index is 0.0464. The van der Waals surface area contributed by atoms with Crippen molar-refractivity contribution in [2.24, 2.45) is 5.92 Å². The van der Waals surface area contributed by atoms with Gasteiger partial charge in [0.2, 0.25) is 0 Å². The fourth-order valence-corrected chi connectivity index (χ4v) is 2.92. The van der Waals surface area contributed by atoms with Crippen molar-refractivity contribution in [3.05, 3.63) is 33.4 Å². The highest BCUT2D eigenvalue weighted by molar-refractivity contribution is 14.1. The average Bonchev–Trinajstić information content (AvgIpc) is 2.38. The molecule has 18 heavy (non-hydrogen) atoms. The Kier molecular flexibility index (Phi) is 5.45. The first kappa shape index (κ1) is 14.3. The Labute approximate surface area is 123 Å². The van der Waals surface area contributed by atoms with Crippen molar-refractivity contribution < 1.29 is 5.11 Å². The van der Waals surface area contributed by atoms with Crippen molar-refractivity contribution in [3.63, 3.8) is 0 Å². The first-order chi connectivity index (χ1) is 8.65. The molecule has 0 bridgehead atoms. The zero-order valence-electron chi connectivity index (χ0n) is 10.9. The quantitative estimate of drug-likeness (QED) is 0.807. The monoisotopic (exact) mass is 359 g/mol. The van der Waals surface area contributed by atoms with Crippen molar-refractivity contribution in [3.8, 4) is 0 Å². The van der Waals surface area contributed by atoms with Crippen LogP contribution in [0.2, 0.25) is 0 Å². The molecule has 2 rings (SSSR count). The van der Waals surface area contributed by atoms with E-state index in [1.165, 1.54) is 9.13 Å². The second-order valence-electron chi connectivity index (χ2n) is 5.36. The Bertz CT molecular complexity index is 357. The van der Waals surface area contributed by atoms with Gasteiger partial charge in [0.25, 0.3) is 0 Å². The summed E-state index contributed by atoms with van der Waals surface area (Å²) in [5.74, 6) is 0.736. The second-order valence-corrected chi connectivity index (χ2v) is 6.60. The summed E-state index contributed by atoms with van der Waals surface area (Å²) in [5.41, 5.74) is 1.35. The molecule has 3 heteroatoms. The smallest absolute Gasteiger partial charge is 0.0540 e. The molecule has 0 heterocycles. The number of rotatable bonds is 4. The lowest BCUT2D eigenvalue weighted by molar-refractivity contribution is 0.108. The summed E-state index contributed by atoms with van der Waals surface area (Å²) in [4.78, 5) is 0. The summed E-state index contributed by atoms with van der Waals surface area (Å²) in [6.07, 6.45) is 4.23. The predicted octanol–water partition coefficient (Wildman–Crippen LogP) is 3.49. The minimum Gasteiger partial charge on any atom is -0.393 e. The van der Waals surface area contributed by atoms with Gasteiger partial charge in [-0.25, -0.2) is 0 Å². The molecule has 2 N–H and O–H groups in total. The van der Waals surface area contributed by atoms with E-state index < -0.39 is 0 Å². The van der Waals surface area contributed by atoms with Gasteiger partial charge in [0.05, 0.1) is 6.10 Å². The van der Waals surface area contributed by atoms with Crippen LogP contribution in [0, 0.1) is 9.49 Å². The Morgan fingerprint density at radius 3 is 2.44 bits per heavy atom. The molecule has 1 aliphatic carbocycles. The molecule has 0 amide bonds. The van der Waals surface area contributed by atoms with Gasteiger partial charge in [-0.2, -0.15) is 0 Å². The van der Waals surface area contributed by atoms with Crippen LogP contribution < -0.4 is 5.32 Å². The first-order valence-electron chi connectivity index (χ1n) is 6.82. The molecule has 0 aromatic heterocycles. The van der Waals surface area contributed by atoms with Crippen LogP contribution in [0.1, 0.15) is 44.2 Å². The molecule has 1 unspecified atom stereocenters. The molecule has 1 fully saturated rings. The lowest BCUT2D eigenvalue weighted by Crippen LogP contribution is -2.29. The van der Waals surface area contributed by atoms with Gasteiger partial charge in [-0.05, 0) is 85.4 Å². The topological polar surface area (TPSA) is 32.3 Å². The third-order valence-corrected chi connectivity index (χ3v) is 4.62. The standard InChI is InChI=1S/C15H22INO/c1-11(13-4-6-14(16)7-5-13)17-10-12-2-8-15(18)9-3-12/h4-7,11-12,15,17-18H,2-3,8-10H2,1H3. The molecule has 1 atom stereocenters. The second kappa shape index (κ2) is 6.87. The van der Waals surface area contributed by atoms with Gasteiger partial charge in [0.1, 0.15) is 0 Å². The van der Waals surface area contributed by atoms with E-state index in [4.69, 9.17) is 0 Å². The minimum atomic E-state index is -0.0464. The summed E-state index contributed by atoms with van der Waals surface area (Å²) < 4.78 is 1.28. The van der Waals surface area contributed by atoms with Crippen LogP contribution in [0.15, 0.2) is 24.3 Å². The summed E-state index contributed by atoms with van der Waals surface area (Å²) in [6, 6.07) is 9.12. The van der Waals surface area contributed by atoms with Gasteiger partial charge in [-0.3, -0.25) is 0 Å². The van der Waals surface area contributed by atoms with Crippen molar-refractivity contribution >= 4 is 22.6 Å². The van der Waals surface area contributed by atoms with Crippen LogP contribution in [-0.2, 0) is 0 Å². The Morgan fingerprint density at radius 2 is 1.83 bits per heavy atom. The van der Waals surface area contributed by atoms with E-state index in [0.717, 1.165) is 38.1 Å². The number of halogens is 1. The van der Waals surface area contributed by atoms with Crippen molar-refractivity contribution in [2.45, 2.75) is 44.8 Å². The van der Waals surface area contributed by atoms with Crippen molar-refractivity contribution in [1.82, 2.24) is 5.32 Å². The van der Waals surface area contributed by atoms with E-state index in [2.05, 4.69) is 59.1 Å². The highest BCUT2D eigenvalue weighted by Crippen LogP contribution is 2.24. The maximum atomic E-state index is 9.49. The van der Waals surface area contributed by atoms with Crippen LogP contribution in [0.5, 0.6) is 0 Å². The molecule has 1 aromatic carbocycles. The van der Waals surface area contributed by atoms with E-state index in [1.54, 1.807) is 0 Å². The van der Waals surface area contributed by atoms with Crippen LogP contribution in [0.4, 0.5) is 0 Å². The summed E-state index contributed by atoms with van der Waals surface area (Å²) in [6.45, 7) is 3.29.